The fraction of sp³-hybridized carbons (Fsp3) is 0.684. The van der Waals surface area contributed by atoms with Crippen molar-refractivity contribution in [2.75, 3.05) is 13.2 Å². The van der Waals surface area contributed by atoms with Crippen molar-refractivity contribution in [1.82, 2.24) is 15.6 Å². The third-order valence-corrected chi connectivity index (χ3v) is 7.91. The third kappa shape index (κ3) is 4.49. The monoisotopic (exact) mass is 463 g/mol. The van der Waals surface area contributed by atoms with E-state index in [-0.39, 0.29) is 38.4 Å². The normalized spacial score (nSPS) is 26.1. The zero-order chi connectivity index (χ0) is 21.4. The molecule has 0 radical (unpaired) electrons. The second kappa shape index (κ2) is 8.33. The van der Waals surface area contributed by atoms with Gasteiger partial charge in [0.25, 0.3) is 5.79 Å². The molecule has 11 heteroatoms. The maximum absolute atomic E-state index is 13.2. The van der Waals surface area contributed by atoms with E-state index in [1.807, 2.05) is 12.3 Å². The first kappa shape index (κ1) is 21.9. The van der Waals surface area contributed by atoms with Gasteiger partial charge in [0, 0.05) is 29.3 Å². The van der Waals surface area contributed by atoms with Crippen molar-refractivity contribution < 1.29 is 27.4 Å². The third-order valence-electron chi connectivity index (χ3n) is 5.32. The standard InChI is InChI=1S/C19H24F3N3O3S2/c1-17(16-23-8-11-29-16)25-15(14(30-17)12-5-6-12)24-13(26)4-2-3-7-18(19(20,21)22)27-9-10-28-18/h8,11-12,25H,2-7,9-10H2,1H3,(H,24,26). The summed E-state index contributed by atoms with van der Waals surface area (Å²) in [5.74, 6) is -1.58. The van der Waals surface area contributed by atoms with Crippen molar-refractivity contribution in [3.8, 4) is 0 Å². The number of nitrogens with zero attached hydrogens (tertiary/aromatic N) is 1. The number of alkyl halides is 3. The average molecular weight is 464 g/mol. The molecule has 2 fully saturated rings. The van der Waals surface area contributed by atoms with Crippen LogP contribution in [0.25, 0.3) is 0 Å². The van der Waals surface area contributed by atoms with Crippen LogP contribution in [-0.4, -0.2) is 36.1 Å². The topological polar surface area (TPSA) is 72.5 Å². The van der Waals surface area contributed by atoms with E-state index in [0.717, 1.165) is 22.8 Å². The Bertz CT molecular complexity index is 806. The number of allylic oxidation sites excluding steroid dienone is 1. The van der Waals surface area contributed by atoms with Crippen LogP contribution < -0.4 is 10.6 Å². The molecule has 0 spiro atoms. The number of carbonyl (C=O) groups excluding carboxylic acids is 1. The Hall–Kier alpha value is -1.30. The summed E-state index contributed by atoms with van der Waals surface area (Å²) in [4.78, 5) is 17.6. The summed E-state index contributed by atoms with van der Waals surface area (Å²) in [6.07, 6.45) is -0.313. The number of hydrogen-bond acceptors (Lipinski definition) is 7. The van der Waals surface area contributed by atoms with E-state index in [2.05, 4.69) is 15.6 Å². The van der Waals surface area contributed by atoms with Crippen LogP contribution in [0.15, 0.2) is 22.3 Å². The smallest absolute Gasteiger partial charge is 0.351 e. The highest BCUT2D eigenvalue weighted by molar-refractivity contribution is 8.04. The number of aromatic nitrogens is 1. The van der Waals surface area contributed by atoms with Gasteiger partial charge < -0.3 is 20.1 Å². The van der Waals surface area contributed by atoms with Gasteiger partial charge in [-0.25, -0.2) is 4.98 Å². The van der Waals surface area contributed by atoms with E-state index < -0.39 is 16.8 Å². The fourth-order valence-electron chi connectivity index (χ4n) is 3.63. The molecule has 1 aromatic rings. The molecule has 3 heterocycles. The van der Waals surface area contributed by atoms with Gasteiger partial charge in [0.2, 0.25) is 5.91 Å². The molecule has 1 unspecified atom stereocenters. The summed E-state index contributed by atoms with van der Waals surface area (Å²) in [6.45, 7) is 1.90. The highest BCUT2D eigenvalue weighted by atomic mass is 32.2. The Morgan fingerprint density at radius 2 is 2.07 bits per heavy atom. The Morgan fingerprint density at radius 1 is 1.33 bits per heavy atom. The summed E-state index contributed by atoms with van der Waals surface area (Å²) in [6, 6.07) is 0. The van der Waals surface area contributed by atoms with Crippen molar-refractivity contribution in [3.05, 3.63) is 27.3 Å². The summed E-state index contributed by atoms with van der Waals surface area (Å²) in [7, 11) is 0. The number of ether oxygens (including phenoxy) is 2. The zero-order valence-corrected chi connectivity index (χ0v) is 18.1. The van der Waals surface area contributed by atoms with Crippen LogP contribution >= 0.6 is 23.1 Å². The second-order valence-corrected chi connectivity index (χ2v) is 10.2. The molecular formula is C19H24F3N3O3S2. The van der Waals surface area contributed by atoms with Crippen LogP contribution in [0.3, 0.4) is 0 Å². The van der Waals surface area contributed by atoms with Crippen LogP contribution in [0, 0.1) is 5.92 Å². The average Bonchev–Trinajstić information content (AvgIpc) is 3.10. The minimum Gasteiger partial charge on any atom is -0.351 e. The largest absolute Gasteiger partial charge is 0.443 e. The van der Waals surface area contributed by atoms with Crippen molar-refractivity contribution in [1.29, 1.82) is 0 Å². The molecule has 6 nitrogen and oxygen atoms in total. The number of thioether (sulfide) groups is 1. The number of carbonyl (C=O) groups is 1. The zero-order valence-electron chi connectivity index (χ0n) is 16.5. The molecule has 166 valence electrons. The summed E-state index contributed by atoms with van der Waals surface area (Å²) >= 11 is 3.24. The lowest BCUT2D eigenvalue weighted by molar-refractivity contribution is -0.346. The van der Waals surface area contributed by atoms with Gasteiger partial charge >= 0.3 is 6.18 Å². The maximum atomic E-state index is 13.2. The van der Waals surface area contributed by atoms with Gasteiger partial charge in [-0.1, -0.05) is 11.8 Å². The van der Waals surface area contributed by atoms with E-state index >= 15 is 0 Å². The minimum atomic E-state index is -4.58. The van der Waals surface area contributed by atoms with E-state index in [0.29, 0.717) is 18.2 Å². The van der Waals surface area contributed by atoms with Crippen molar-refractivity contribution in [3.63, 3.8) is 0 Å². The van der Waals surface area contributed by atoms with E-state index in [9.17, 15) is 18.0 Å². The molecule has 1 amide bonds. The lowest BCUT2D eigenvalue weighted by Gasteiger charge is -2.29. The molecule has 2 N–H and O–H groups in total. The highest BCUT2D eigenvalue weighted by Crippen LogP contribution is 2.54. The van der Waals surface area contributed by atoms with Crippen LogP contribution in [0.5, 0.6) is 0 Å². The van der Waals surface area contributed by atoms with Crippen molar-refractivity contribution in [2.24, 2.45) is 5.92 Å². The van der Waals surface area contributed by atoms with Crippen LogP contribution in [-0.2, 0) is 19.1 Å². The first-order valence-corrected chi connectivity index (χ1v) is 11.7. The predicted octanol–water partition coefficient (Wildman–Crippen LogP) is 4.21. The Balaban J connectivity index is 1.30. The van der Waals surface area contributed by atoms with Gasteiger partial charge in [0.05, 0.1) is 13.2 Å². The number of nitrogens with one attached hydrogen (secondary N) is 2. The fourth-order valence-corrected chi connectivity index (χ4v) is 5.89. The highest BCUT2D eigenvalue weighted by Gasteiger charge is 2.59. The van der Waals surface area contributed by atoms with Crippen molar-refractivity contribution in [2.45, 2.75) is 62.3 Å². The van der Waals surface area contributed by atoms with Gasteiger partial charge in [-0.05, 0) is 38.5 Å². The molecule has 0 bridgehead atoms. The number of unbranched alkanes of at least 4 members (excludes halogenated alkanes) is 1. The second-order valence-electron chi connectivity index (χ2n) is 7.81. The Labute approximate surface area is 181 Å². The molecule has 4 rings (SSSR count). The minimum absolute atomic E-state index is 0.0701. The Morgan fingerprint density at radius 3 is 2.67 bits per heavy atom. The van der Waals surface area contributed by atoms with Gasteiger partial charge in [0.1, 0.15) is 15.7 Å². The molecule has 30 heavy (non-hydrogen) atoms. The summed E-state index contributed by atoms with van der Waals surface area (Å²) in [5.41, 5.74) is 0. The van der Waals surface area contributed by atoms with Gasteiger partial charge in [-0.15, -0.1) is 11.3 Å². The Kier molecular flexibility index (Phi) is 6.08. The SMILES string of the molecule is CC1(c2nccs2)NC(NC(=O)CCCCC2(C(F)(F)F)OCCO2)=C(C2CC2)S1. The van der Waals surface area contributed by atoms with Gasteiger partial charge in [-0.3, -0.25) is 4.79 Å². The first-order chi connectivity index (χ1) is 14.2. The molecule has 0 aromatic carbocycles. The molecule has 1 aromatic heterocycles. The van der Waals surface area contributed by atoms with Gasteiger partial charge in [0.15, 0.2) is 0 Å². The number of halogens is 3. The lowest BCUT2D eigenvalue weighted by Crippen LogP contribution is -2.46. The number of amides is 1. The summed E-state index contributed by atoms with van der Waals surface area (Å²) < 4.78 is 49.4. The first-order valence-electron chi connectivity index (χ1n) is 9.98. The number of hydrogen-bond donors (Lipinski definition) is 2. The van der Waals surface area contributed by atoms with E-state index in [1.165, 1.54) is 0 Å². The number of thiazole rings is 1. The molecule has 1 saturated heterocycles. The molecule has 1 aliphatic carbocycles. The quantitative estimate of drug-likeness (QED) is 0.563. The molecule has 1 atom stereocenters. The van der Waals surface area contributed by atoms with E-state index in [1.54, 1.807) is 29.3 Å². The molecule has 3 aliphatic rings. The molecule has 2 aliphatic heterocycles. The van der Waals surface area contributed by atoms with Gasteiger partial charge in [-0.2, -0.15) is 13.2 Å². The number of rotatable bonds is 8. The molecule has 1 saturated carbocycles. The summed E-state index contributed by atoms with van der Waals surface area (Å²) in [5, 5.41) is 9.19. The molecular weight excluding hydrogens is 439 g/mol. The van der Waals surface area contributed by atoms with Crippen LogP contribution in [0.1, 0.15) is 50.5 Å². The van der Waals surface area contributed by atoms with Crippen LogP contribution in [0.4, 0.5) is 13.2 Å². The van der Waals surface area contributed by atoms with Crippen molar-refractivity contribution >= 4 is 29.0 Å². The van der Waals surface area contributed by atoms with E-state index in [4.69, 9.17) is 9.47 Å². The maximum Gasteiger partial charge on any atom is 0.443 e. The van der Waals surface area contributed by atoms with Crippen LogP contribution in [0.2, 0.25) is 0 Å². The lowest BCUT2D eigenvalue weighted by atomic mass is 10.1. The predicted molar refractivity (Wildman–Crippen MR) is 107 cm³/mol.